The molecule has 2 aromatic rings. The first-order valence-corrected chi connectivity index (χ1v) is 13.8. The van der Waals surface area contributed by atoms with Crippen LogP contribution in [0.15, 0.2) is 36.0 Å². The van der Waals surface area contributed by atoms with E-state index in [2.05, 4.69) is 5.10 Å². The Morgan fingerprint density at radius 1 is 1.21 bits per heavy atom. The summed E-state index contributed by atoms with van der Waals surface area (Å²) in [5.41, 5.74) is 6.91. The molecule has 1 aromatic carbocycles. The van der Waals surface area contributed by atoms with Crippen molar-refractivity contribution in [2.24, 2.45) is 11.3 Å². The highest BCUT2D eigenvalue weighted by atomic mass is 19.1. The lowest BCUT2D eigenvalue weighted by molar-refractivity contribution is -0.148. The van der Waals surface area contributed by atoms with Crippen LogP contribution in [0, 0.1) is 17.2 Å². The monoisotopic (exact) mass is 541 g/mol. The van der Waals surface area contributed by atoms with Gasteiger partial charge in [0.1, 0.15) is 17.6 Å². The van der Waals surface area contributed by atoms with E-state index in [4.69, 9.17) is 15.2 Å². The van der Waals surface area contributed by atoms with E-state index in [9.17, 15) is 19.1 Å². The van der Waals surface area contributed by atoms with E-state index in [0.717, 1.165) is 24.8 Å². The lowest BCUT2D eigenvalue weighted by Crippen LogP contribution is -2.36. The van der Waals surface area contributed by atoms with Gasteiger partial charge in [-0.15, -0.1) is 0 Å². The van der Waals surface area contributed by atoms with Crippen LogP contribution in [0.2, 0.25) is 0 Å². The molecular formula is C30H40FN3O5. The molecule has 2 aliphatic heterocycles. The van der Waals surface area contributed by atoms with Crippen LogP contribution < -0.4 is 5.73 Å². The highest BCUT2D eigenvalue weighted by Crippen LogP contribution is 2.35. The molecule has 0 amide bonds. The zero-order chi connectivity index (χ0) is 28.3. The molecule has 0 aliphatic carbocycles. The smallest absolute Gasteiger partial charge is 0.306 e. The van der Waals surface area contributed by atoms with Gasteiger partial charge >= 0.3 is 5.97 Å². The maximum atomic E-state index is 14.4. The molecule has 4 rings (SSSR count). The lowest BCUT2D eigenvalue weighted by Gasteiger charge is -2.29. The number of carbonyl (C=O) groups excluding carboxylic acids is 2. The Hall–Kier alpha value is -3.04. The average Bonchev–Trinajstić information content (AvgIpc) is 3.46. The number of aliphatic hydroxyl groups excluding tert-OH is 1. The first-order chi connectivity index (χ1) is 18.4. The second-order valence-corrected chi connectivity index (χ2v) is 11.6. The van der Waals surface area contributed by atoms with Crippen LogP contribution in [-0.4, -0.2) is 51.1 Å². The number of benzene rings is 1. The standard InChI is InChI=1S/C30H40FN3O5/c1-18(15-21-12-14-34(33-21)23-10-9-20(32)16-22(23)31)26-17-27-25(38-27)8-6-5-7-24(35)19(2)29(37)30(3,4)13-11-28(36)39-26/h9-10,12,14-16,19,24-27,35H,5-8,11,13,17,32H2,1-4H3/b18-15+/t19-,24?,25?,26?,27?/m1/s1. The highest BCUT2D eigenvalue weighted by molar-refractivity contribution is 5.87. The lowest BCUT2D eigenvalue weighted by atomic mass is 9.76. The van der Waals surface area contributed by atoms with Gasteiger partial charge in [0, 0.05) is 36.1 Å². The van der Waals surface area contributed by atoms with E-state index in [1.807, 2.05) is 26.8 Å². The van der Waals surface area contributed by atoms with Gasteiger partial charge in [-0.2, -0.15) is 5.10 Å². The number of esters is 1. The number of hydrogen-bond acceptors (Lipinski definition) is 7. The van der Waals surface area contributed by atoms with E-state index >= 15 is 0 Å². The number of cyclic esters (lactones) is 1. The van der Waals surface area contributed by atoms with Crippen molar-refractivity contribution in [3.63, 3.8) is 0 Å². The van der Waals surface area contributed by atoms with Gasteiger partial charge in [0.2, 0.25) is 0 Å². The minimum atomic E-state index is -0.758. The Kier molecular flexibility index (Phi) is 8.91. The number of aliphatic hydroxyl groups is 1. The van der Waals surface area contributed by atoms with E-state index in [1.165, 1.54) is 10.7 Å². The van der Waals surface area contributed by atoms with Crippen LogP contribution in [0.3, 0.4) is 0 Å². The molecule has 212 valence electrons. The van der Waals surface area contributed by atoms with E-state index in [1.54, 1.807) is 31.3 Å². The zero-order valence-electron chi connectivity index (χ0n) is 23.2. The largest absolute Gasteiger partial charge is 0.458 e. The molecule has 8 nitrogen and oxygen atoms in total. The quantitative estimate of drug-likeness (QED) is 0.318. The van der Waals surface area contributed by atoms with Crippen molar-refractivity contribution >= 4 is 23.5 Å². The Bertz CT molecular complexity index is 1220. The third kappa shape index (κ3) is 7.33. The zero-order valence-corrected chi connectivity index (χ0v) is 23.2. The Balaban J connectivity index is 1.51. The number of hydrogen-bond donors (Lipinski definition) is 2. The molecule has 1 aromatic heterocycles. The van der Waals surface area contributed by atoms with Crippen molar-refractivity contribution in [1.82, 2.24) is 9.78 Å². The maximum Gasteiger partial charge on any atom is 0.306 e. The molecule has 0 saturated carbocycles. The number of fused-ring (bicyclic) bond motifs is 1. The summed E-state index contributed by atoms with van der Waals surface area (Å²) in [5, 5.41) is 15.0. The summed E-state index contributed by atoms with van der Waals surface area (Å²) in [5.74, 6) is -1.39. The summed E-state index contributed by atoms with van der Waals surface area (Å²) in [4.78, 5) is 26.0. The number of aromatic nitrogens is 2. The Morgan fingerprint density at radius 2 is 1.95 bits per heavy atom. The number of nitrogen functional groups attached to an aromatic ring is 1. The van der Waals surface area contributed by atoms with Crippen LogP contribution in [0.4, 0.5) is 10.1 Å². The van der Waals surface area contributed by atoms with Crippen LogP contribution in [0.1, 0.15) is 78.3 Å². The molecule has 2 fully saturated rings. The Morgan fingerprint density at radius 3 is 2.69 bits per heavy atom. The molecular weight excluding hydrogens is 501 g/mol. The predicted molar refractivity (Wildman–Crippen MR) is 146 cm³/mol. The first kappa shape index (κ1) is 29.0. The molecule has 0 spiro atoms. The molecule has 4 unspecified atom stereocenters. The number of anilines is 1. The van der Waals surface area contributed by atoms with E-state index in [-0.39, 0.29) is 36.1 Å². The summed E-state index contributed by atoms with van der Waals surface area (Å²) < 4.78 is 27.6. The number of carbonyl (C=O) groups is 2. The normalized spacial score (nSPS) is 29.0. The predicted octanol–water partition coefficient (Wildman–Crippen LogP) is 5.01. The van der Waals surface area contributed by atoms with Gasteiger partial charge in [-0.05, 0) is 62.1 Å². The maximum absolute atomic E-state index is 14.4. The second-order valence-electron chi connectivity index (χ2n) is 11.6. The van der Waals surface area contributed by atoms with Crippen LogP contribution in [0.25, 0.3) is 11.8 Å². The van der Waals surface area contributed by atoms with Gasteiger partial charge in [0.15, 0.2) is 5.82 Å². The number of nitrogens with zero attached hydrogens (tertiary/aromatic N) is 2. The van der Waals surface area contributed by atoms with E-state index in [0.29, 0.717) is 30.6 Å². The molecule has 39 heavy (non-hydrogen) atoms. The van der Waals surface area contributed by atoms with Crippen molar-refractivity contribution in [1.29, 1.82) is 0 Å². The number of nitrogens with two attached hydrogens (primary N) is 1. The van der Waals surface area contributed by atoms with Gasteiger partial charge in [-0.3, -0.25) is 9.59 Å². The van der Waals surface area contributed by atoms with Gasteiger partial charge in [0.25, 0.3) is 0 Å². The molecule has 0 radical (unpaired) electrons. The minimum absolute atomic E-state index is 0.0117. The third-order valence-electron chi connectivity index (χ3n) is 7.97. The highest BCUT2D eigenvalue weighted by Gasteiger charge is 2.41. The molecule has 0 bridgehead atoms. The number of halogens is 1. The number of epoxide rings is 1. The number of rotatable bonds is 3. The summed E-state index contributed by atoms with van der Waals surface area (Å²) in [6.07, 6.45) is 6.44. The van der Waals surface area contributed by atoms with Crippen LogP contribution >= 0.6 is 0 Å². The summed E-state index contributed by atoms with van der Waals surface area (Å²) in [6, 6.07) is 6.19. The van der Waals surface area contributed by atoms with Crippen molar-refractivity contribution in [3.8, 4) is 5.69 Å². The summed E-state index contributed by atoms with van der Waals surface area (Å²) >= 11 is 0. The molecule has 2 saturated heterocycles. The number of ether oxygens (including phenoxy) is 2. The average molecular weight is 542 g/mol. The van der Waals surface area contributed by atoms with Gasteiger partial charge < -0.3 is 20.3 Å². The SMILES string of the molecule is C/C(=C\c1ccn(-c2ccc(N)cc2F)n1)C1CC2OC2CCCCC(O)[C@@H](C)C(=O)C(C)(C)CCC(=O)O1. The first-order valence-electron chi connectivity index (χ1n) is 13.8. The topological polar surface area (TPSA) is 120 Å². The molecule has 5 atom stereocenters. The molecule has 3 N–H and O–H groups in total. The third-order valence-corrected chi connectivity index (χ3v) is 7.97. The van der Waals surface area contributed by atoms with Crippen molar-refractivity contribution in [2.75, 3.05) is 5.73 Å². The van der Waals surface area contributed by atoms with Crippen molar-refractivity contribution in [3.05, 3.63) is 47.5 Å². The van der Waals surface area contributed by atoms with Gasteiger partial charge in [0.05, 0.1) is 24.0 Å². The summed E-state index contributed by atoms with van der Waals surface area (Å²) in [7, 11) is 0. The summed E-state index contributed by atoms with van der Waals surface area (Å²) in [6.45, 7) is 7.29. The number of ketones is 1. The minimum Gasteiger partial charge on any atom is -0.458 e. The molecule has 2 aliphatic rings. The van der Waals surface area contributed by atoms with Gasteiger partial charge in [-0.1, -0.05) is 33.6 Å². The fraction of sp³-hybridized carbons (Fsp3) is 0.567. The van der Waals surface area contributed by atoms with Crippen LogP contribution in [0.5, 0.6) is 0 Å². The fourth-order valence-electron chi connectivity index (χ4n) is 5.26. The van der Waals surface area contributed by atoms with Crippen molar-refractivity contribution in [2.45, 2.75) is 97.1 Å². The van der Waals surface area contributed by atoms with Crippen molar-refractivity contribution < 1.29 is 28.6 Å². The van der Waals surface area contributed by atoms with Gasteiger partial charge in [-0.25, -0.2) is 9.07 Å². The second kappa shape index (κ2) is 12.0. The molecule has 3 heterocycles. The Labute approximate surface area is 229 Å². The van der Waals surface area contributed by atoms with Crippen LogP contribution in [-0.2, 0) is 19.1 Å². The van der Waals surface area contributed by atoms with E-state index < -0.39 is 29.4 Å². The fourth-order valence-corrected chi connectivity index (χ4v) is 5.26. The number of Topliss-reactive ketones (excluding diaryl/α,β-unsaturated/α-hetero) is 1. The molecule has 9 heteroatoms.